The van der Waals surface area contributed by atoms with E-state index in [1.807, 2.05) is 0 Å². The topological polar surface area (TPSA) is 90.9 Å². The van der Waals surface area contributed by atoms with Crippen molar-refractivity contribution in [3.05, 3.63) is 11.0 Å². The Hall–Kier alpha value is -1.70. The third kappa shape index (κ3) is 7.25. The molecule has 0 aromatic rings. The van der Waals surface area contributed by atoms with Gasteiger partial charge in [-0.1, -0.05) is 6.08 Å². The number of carbonyl (C=O) groups is 3. The molecule has 1 N–H and O–H groups in total. The van der Waals surface area contributed by atoms with E-state index in [1.165, 1.54) is 0 Å². The molecular weight excluding hydrogens is 334 g/mol. The number of carbonyl (C=O) groups excluding carboxylic acids is 3. The first-order chi connectivity index (χ1) is 11.1. The highest BCUT2D eigenvalue weighted by Gasteiger charge is 2.29. The lowest BCUT2D eigenvalue weighted by atomic mass is 10.2. The Morgan fingerprint density at radius 2 is 2.08 bits per heavy atom. The van der Waals surface area contributed by atoms with E-state index in [1.54, 1.807) is 40.7 Å². The van der Waals surface area contributed by atoms with Gasteiger partial charge >= 0.3 is 18.0 Å². The van der Waals surface area contributed by atoms with E-state index in [0.29, 0.717) is 11.3 Å². The minimum atomic E-state index is -0.914. The Kier molecular flexibility index (Phi) is 7.59. The fraction of sp³-hybridized carbons (Fsp3) is 0.688. The maximum atomic E-state index is 12.2. The van der Waals surface area contributed by atoms with Gasteiger partial charge in [-0.05, 0) is 34.6 Å². The molecule has 0 aliphatic carbocycles. The number of hydrogen-bond acceptors (Lipinski definition) is 7. The van der Waals surface area contributed by atoms with Crippen LogP contribution in [0.3, 0.4) is 0 Å². The van der Waals surface area contributed by atoms with Crippen LogP contribution in [0.4, 0.5) is 4.79 Å². The van der Waals surface area contributed by atoms with Gasteiger partial charge in [0.05, 0.1) is 11.5 Å². The number of nitrogens with one attached hydrogen (secondary N) is 1. The van der Waals surface area contributed by atoms with Crippen LogP contribution in [0.1, 0.15) is 41.0 Å². The van der Waals surface area contributed by atoms with Gasteiger partial charge in [-0.25, -0.2) is 14.4 Å². The molecule has 1 aliphatic heterocycles. The van der Waals surface area contributed by atoms with Crippen LogP contribution in [0.2, 0.25) is 0 Å². The van der Waals surface area contributed by atoms with E-state index >= 15 is 0 Å². The zero-order valence-electron chi connectivity index (χ0n) is 14.7. The monoisotopic (exact) mass is 359 g/mol. The highest BCUT2D eigenvalue weighted by molar-refractivity contribution is 8.04. The zero-order chi connectivity index (χ0) is 18.3. The summed E-state index contributed by atoms with van der Waals surface area (Å²) in [6, 6.07) is -0.914. The number of cyclic esters (lactones) is 1. The SMILES string of the molecule is CCOC(=O)/C1=C/C[C@@H](C)OC(=O)[C@H](NC(=O)OC(C)(C)C)CS1. The van der Waals surface area contributed by atoms with Crippen LogP contribution in [-0.4, -0.2) is 48.1 Å². The van der Waals surface area contributed by atoms with Crippen molar-refractivity contribution in [2.75, 3.05) is 12.4 Å². The lowest BCUT2D eigenvalue weighted by Gasteiger charge is -2.23. The molecule has 1 aliphatic rings. The summed E-state index contributed by atoms with van der Waals surface area (Å²) in [5.41, 5.74) is -0.678. The van der Waals surface area contributed by atoms with E-state index in [-0.39, 0.29) is 12.4 Å². The van der Waals surface area contributed by atoms with E-state index in [0.717, 1.165) is 11.8 Å². The summed E-state index contributed by atoms with van der Waals surface area (Å²) in [6.07, 6.45) is 0.963. The molecule has 2 atom stereocenters. The van der Waals surface area contributed by atoms with Crippen molar-refractivity contribution in [1.29, 1.82) is 0 Å². The molecule has 0 aromatic heterocycles. The Balaban J connectivity index is 2.81. The molecule has 0 spiro atoms. The Morgan fingerprint density at radius 1 is 1.42 bits per heavy atom. The van der Waals surface area contributed by atoms with Gasteiger partial charge in [0.25, 0.3) is 0 Å². The summed E-state index contributed by atoms with van der Waals surface area (Å²) in [5.74, 6) is -0.852. The quantitative estimate of drug-likeness (QED) is 0.611. The molecule has 7 nitrogen and oxygen atoms in total. The van der Waals surface area contributed by atoms with Gasteiger partial charge < -0.3 is 19.5 Å². The van der Waals surface area contributed by atoms with Crippen molar-refractivity contribution in [1.82, 2.24) is 5.32 Å². The number of hydrogen-bond donors (Lipinski definition) is 1. The van der Waals surface area contributed by atoms with E-state index in [2.05, 4.69) is 5.32 Å². The van der Waals surface area contributed by atoms with Crippen LogP contribution in [0.5, 0.6) is 0 Å². The van der Waals surface area contributed by atoms with Crippen LogP contribution in [0.15, 0.2) is 11.0 Å². The number of amides is 1. The number of ether oxygens (including phenoxy) is 3. The first-order valence-electron chi connectivity index (χ1n) is 7.82. The largest absolute Gasteiger partial charge is 0.462 e. The van der Waals surface area contributed by atoms with E-state index in [4.69, 9.17) is 14.2 Å². The van der Waals surface area contributed by atoms with Gasteiger partial charge in [0.1, 0.15) is 17.7 Å². The van der Waals surface area contributed by atoms with Crippen LogP contribution in [0.25, 0.3) is 0 Å². The summed E-state index contributed by atoms with van der Waals surface area (Å²) in [6.45, 7) is 8.89. The Labute approximate surface area is 146 Å². The summed E-state index contributed by atoms with van der Waals surface area (Å²) in [5, 5.41) is 2.50. The molecule has 1 amide bonds. The Morgan fingerprint density at radius 3 is 2.67 bits per heavy atom. The molecule has 0 saturated heterocycles. The second kappa shape index (κ2) is 8.96. The van der Waals surface area contributed by atoms with Crippen molar-refractivity contribution in [2.45, 2.75) is 58.8 Å². The molecule has 0 saturated carbocycles. The third-order valence-electron chi connectivity index (χ3n) is 2.81. The zero-order valence-corrected chi connectivity index (χ0v) is 15.5. The van der Waals surface area contributed by atoms with Crippen LogP contribution >= 0.6 is 11.8 Å². The average Bonchev–Trinajstić information content (AvgIpc) is 2.49. The minimum Gasteiger partial charge on any atom is -0.462 e. The molecular formula is C16H25NO6S. The van der Waals surface area contributed by atoms with E-state index < -0.39 is 35.8 Å². The second-order valence-corrected chi connectivity index (χ2v) is 7.34. The maximum absolute atomic E-state index is 12.2. The van der Waals surface area contributed by atoms with Crippen LogP contribution in [0, 0.1) is 0 Å². The number of esters is 2. The van der Waals surface area contributed by atoms with Crippen LogP contribution < -0.4 is 5.32 Å². The number of alkyl carbamates (subject to hydrolysis) is 1. The van der Waals surface area contributed by atoms with E-state index in [9.17, 15) is 14.4 Å². The average molecular weight is 359 g/mol. The third-order valence-corrected chi connectivity index (χ3v) is 3.95. The molecule has 0 unspecified atom stereocenters. The lowest BCUT2D eigenvalue weighted by Crippen LogP contribution is -2.46. The molecule has 24 heavy (non-hydrogen) atoms. The lowest BCUT2D eigenvalue weighted by molar-refractivity contribution is -0.149. The molecule has 0 fully saturated rings. The highest BCUT2D eigenvalue weighted by atomic mass is 32.2. The van der Waals surface area contributed by atoms with Gasteiger partial charge in [-0.2, -0.15) is 0 Å². The van der Waals surface area contributed by atoms with Gasteiger partial charge in [0.2, 0.25) is 0 Å². The van der Waals surface area contributed by atoms with Gasteiger partial charge in [0.15, 0.2) is 0 Å². The smallest absolute Gasteiger partial charge is 0.408 e. The van der Waals surface area contributed by atoms with Gasteiger partial charge in [0, 0.05) is 12.2 Å². The molecule has 1 heterocycles. The first-order valence-corrected chi connectivity index (χ1v) is 8.81. The fourth-order valence-corrected chi connectivity index (χ4v) is 2.75. The summed E-state index contributed by atoms with van der Waals surface area (Å²) >= 11 is 1.15. The van der Waals surface area contributed by atoms with Crippen molar-refractivity contribution in [3.8, 4) is 0 Å². The van der Waals surface area contributed by atoms with Crippen molar-refractivity contribution in [3.63, 3.8) is 0 Å². The second-order valence-electron chi connectivity index (χ2n) is 6.28. The first kappa shape index (κ1) is 20.3. The molecule has 8 heteroatoms. The molecule has 0 aromatic carbocycles. The number of thioether (sulfide) groups is 1. The highest BCUT2D eigenvalue weighted by Crippen LogP contribution is 2.23. The normalized spacial score (nSPS) is 24.4. The summed E-state index contributed by atoms with van der Waals surface area (Å²) in [4.78, 5) is 36.4. The Bertz CT molecular complexity index is 511. The number of rotatable bonds is 3. The van der Waals surface area contributed by atoms with Gasteiger partial charge in [-0.15, -0.1) is 11.8 Å². The predicted octanol–water partition coefficient (Wildman–Crippen LogP) is 2.40. The standard InChI is InChI=1S/C16H25NO6S/c1-6-21-14(19)12-8-7-10(2)22-13(18)11(9-24-12)17-15(20)23-16(3,4)5/h8,10-11H,6-7,9H2,1-5H3,(H,17,20)/b12-8-/t10-,11-/m1/s1. The van der Waals surface area contributed by atoms with Crippen molar-refractivity contribution < 1.29 is 28.6 Å². The fourth-order valence-electron chi connectivity index (χ4n) is 1.80. The summed E-state index contributed by atoms with van der Waals surface area (Å²) in [7, 11) is 0. The molecule has 1 rings (SSSR count). The molecule has 0 bridgehead atoms. The van der Waals surface area contributed by atoms with Crippen molar-refractivity contribution in [2.24, 2.45) is 0 Å². The minimum absolute atomic E-state index is 0.148. The van der Waals surface area contributed by atoms with Crippen molar-refractivity contribution >= 4 is 29.8 Å². The summed E-state index contributed by atoms with van der Waals surface area (Å²) < 4.78 is 15.4. The maximum Gasteiger partial charge on any atom is 0.408 e. The predicted molar refractivity (Wildman–Crippen MR) is 90.5 cm³/mol. The van der Waals surface area contributed by atoms with Gasteiger partial charge in [-0.3, -0.25) is 0 Å². The molecule has 136 valence electrons. The van der Waals surface area contributed by atoms with Crippen LogP contribution in [-0.2, 0) is 23.8 Å². The molecule has 0 radical (unpaired) electrons.